The molecule has 3 nitrogen and oxygen atoms in total. The molecule has 1 heterocycles. The van der Waals surface area contributed by atoms with Gasteiger partial charge in [0.15, 0.2) is 3.95 Å². The van der Waals surface area contributed by atoms with Crippen LogP contribution in [0.5, 0.6) is 0 Å². The predicted octanol–water partition coefficient (Wildman–Crippen LogP) is 3.97. The Hall–Kier alpha value is -0.420. The van der Waals surface area contributed by atoms with Crippen LogP contribution in [-0.2, 0) is 0 Å². The lowest BCUT2D eigenvalue weighted by atomic mass is 10.1. The predicted molar refractivity (Wildman–Crippen MR) is 69.1 cm³/mol. The minimum atomic E-state index is 0.545. The molecule has 0 fully saturated rings. The molecule has 1 rings (SSSR count). The molecule has 2 N–H and O–H groups in total. The van der Waals surface area contributed by atoms with Crippen molar-refractivity contribution in [3.8, 4) is 0 Å². The minimum absolute atomic E-state index is 0.545. The second kappa shape index (κ2) is 6.95. The maximum Gasteiger partial charge on any atom is 0.204 e. The summed E-state index contributed by atoms with van der Waals surface area (Å²) < 4.78 is 0.739. The number of anilines is 1. The van der Waals surface area contributed by atoms with Gasteiger partial charge in [-0.1, -0.05) is 44.4 Å². The van der Waals surface area contributed by atoms with Gasteiger partial charge in [-0.2, -0.15) is 0 Å². The van der Waals surface area contributed by atoms with E-state index in [1.807, 2.05) is 0 Å². The van der Waals surface area contributed by atoms with Crippen molar-refractivity contribution in [2.75, 3.05) is 5.32 Å². The van der Waals surface area contributed by atoms with E-state index < -0.39 is 0 Å². The Bertz CT molecular complexity index is 318. The molecule has 1 unspecified atom stereocenters. The Morgan fingerprint density at radius 2 is 2.20 bits per heavy atom. The van der Waals surface area contributed by atoms with Crippen LogP contribution in [0.25, 0.3) is 0 Å². The highest BCUT2D eigenvalue weighted by Gasteiger charge is 2.08. The molecule has 5 heteroatoms. The van der Waals surface area contributed by atoms with E-state index in [-0.39, 0.29) is 0 Å². The summed E-state index contributed by atoms with van der Waals surface area (Å²) in [6.45, 7) is 4.44. The van der Waals surface area contributed by atoms with Crippen LogP contribution in [0.15, 0.2) is 0 Å². The molecule has 0 amide bonds. The van der Waals surface area contributed by atoms with Gasteiger partial charge in [0.05, 0.1) is 0 Å². The molecule has 0 aliphatic heterocycles. The van der Waals surface area contributed by atoms with Crippen molar-refractivity contribution in [3.63, 3.8) is 0 Å². The van der Waals surface area contributed by atoms with Crippen LogP contribution < -0.4 is 5.32 Å². The van der Waals surface area contributed by atoms with Crippen LogP contribution >= 0.6 is 23.6 Å². The van der Waals surface area contributed by atoms with Crippen molar-refractivity contribution in [2.24, 2.45) is 0 Å². The van der Waals surface area contributed by atoms with E-state index in [2.05, 4.69) is 29.4 Å². The van der Waals surface area contributed by atoms with E-state index in [9.17, 15) is 0 Å². The first-order valence-electron chi connectivity index (χ1n) is 5.58. The molecule has 1 aromatic heterocycles. The quantitative estimate of drug-likeness (QED) is 0.714. The van der Waals surface area contributed by atoms with Crippen LogP contribution in [0.3, 0.4) is 0 Å². The van der Waals surface area contributed by atoms with E-state index in [4.69, 9.17) is 12.2 Å². The highest BCUT2D eigenvalue weighted by Crippen LogP contribution is 2.17. The number of H-pyrrole nitrogens is 1. The summed E-state index contributed by atoms with van der Waals surface area (Å²) >= 11 is 6.51. The van der Waals surface area contributed by atoms with Crippen molar-refractivity contribution in [3.05, 3.63) is 3.95 Å². The van der Waals surface area contributed by atoms with Crippen molar-refractivity contribution >= 4 is 28.7 Å². The zero-order valence-corrected chi connectivity index (χ0v) is 11.0. The third-order valence-corrected chi connectivity index (χ3v) is 3.33. The minimum Gasteiger partial charge on any atom is -0.357 e. The number of nitrogens with zero attached hydrogens (tertiary/aromatic N) is 1. The number of nitrogens with one attached hydrogen (secondary N) is 2. The van der Waals surface area contributed by atoms with E-state index in [1.165, 1.54) is 43.4 Å². The highest BCUT2D eigenvalue weighted by molar-refractivity contribution is 7.73. The molecule has 0 spiro atoms. The Kier molecular flexibility index (Phi) is 5.86. The van der Waals surface area contributed by atoms with Crippen molar-refractivity contribution in [1.29, 1.82) is 0 Å². The smallest absolute Gasteiger partial charge is 0.204 e. The van der Waals surface area contributed by atoms with E-state index >= 15 is 0 Å². The molecule has 0 saturated heterocycles. The fraction of sp³-hybridized carbons (Fsp3) is 0.800. The molecule has 0 radical (unpaired) electrons. The summed E-state index contributed by atoms with van der Waals surface area (Å²) in [6.07, 6.45) is 6.14. The first kappa shape index (κ1) is 12.6. The number of aromatic amines is 1. The van der Waals surface area contributed by atoms with E-state index in [1.54, 1.807) is 0 Å². The van der Waals surface area contributed by atoms with Crippen LogP contribution in [0.2, 0.25) is 0 Å². The molecule has 0 aliphatic carbocycles. The maximum absolute atomic E-state index is 5.00. The van der Waals surface area contributed by atoms with Gasteiger partial charge in [-0.25, -0.2) is 0 Å². The van der Waals surface area contributed by atoms with Gasteiger partial charge in [0.1, 0.15) is 0 Å². The summed E-state index contributed by atoms with van der Waals surface area (Å²) in [5.41, 5.74) is 0. The molecule has 0 aliphatic rings. The van der Waals surface area contributed by atoms with Gasteiger partial charge in [0, 0.05) is 6.04 Å². The SMILES string of the molecule is CCCCC(CCC)Nc1n[nH]c(=S)s1. The fourth-order valence-electron chi connectivity index (χ4n) is 1.55. The molecular formula is C10H19N3S2. The van der Waals surface area contributed by atoms with Crippen LogP contribution in [0, 0.1) is 3.95 Å². The lowest BCUT2D eigenvalue weighted by molar-refractivity contribution is 0.563. The number of hydrogen-bond donors (Lipinski definition) is 2. The highest BCUT2D eigenvalue weighted by atomic mass is 32.1. The second-order valence-electron chi connectivity index (χ2n) is 3.69. The summed E-state index contributed by atoms with van der Waals surface area (Å²) in [5.74, 6) is 0. The Morgan fingerprint density at radius 3 is 2.73 bits per heavy atom. The maximum atomic E-state index is 5.00. The van der Waals surface area contributed by atoms with Gasteiger partial charge in [-0.15, -0.1) is 5.10 Å². The normalized spacial score (nSPS) is 12.7. The summed E-state index contributed by atoms with van der Waals surface area (Å²) in [4.78, 5) is 0. The Labute approximate surface area is 100 Å². The van der Waals surface area contributed by atoms with E-state index in [0.29, 0.717) is 6.04 Å². The lowest BCUT2D eigenvalue weighted by Gasteiger charge is -2.16. The average molecular weight is 245 g/mol. The molecule has 1 aromatic rings. The third-order valence-electron chi connectivity index (χ3n) is 2.31. The molecule has 0 aromatic carbocycles. The monoisotopic (exact) mass is 245 g/mol. The van der Waals surface area contributed by atoms with Crippen molar-refractivity contribution in [1.82, 2.24) is 10.2 Å². The first-order chi connectivity index (χ1) is 7.26. The molecule has 0 saturated carbocycles. The molecule has 86 valence electrons. The second-order valence-corrected chi connectivity index (χ2v) is 5.36. The van der Waals surface area contributed by atoms with Crippen LogP contribution in [-0.4, -0.2) is 16.2 Å². The molecule has 15 heavy (non-hydrogen) atoms. The molecule has 1 atom stereocenters. The molecule has 0 bridgehead atoms. The fourth-order valence-corrected chi connectivity index (χ4v) is 2.42. The van der Waals surface area contributed by atoms with E-state index in [0.717, 1.165) is 9.09 Å². The van der Waals surface area contributed by atoms with Gasteiger partial charge in [0.25, 0.3) is 0 Å². The first-order valence-corrected chi connectivity index (χ1v) is 6.80. The number of hydrogen-bond acceptors (Lipinski definition) is 4. The number of rotatable bonds is 7. The standard InChI is InChI=1S/C10H19N3S2/c1-3-5-7-8(6-4-2)11-9-12-13-10(14)15-9/h8H,3-7H2,1-2H3,(H,11,12)(H,13,14). The van der Waals surface area contributed by atoms with Crippen LogP contribution in [0.4, 0.5) is 5.13 Å². The van der Waals surface area contributed by atoms with Gasteiger partial charge in [-0.3, -0.25) is 5.10 Å². The van der Waals surface area contributed by atoms with Crippen molar-refractivity contribution in [2.45, 2.75) is 52.0 Å². The summed E-state index contributed by atoms with van der Waals surface area (Å²) in [6, 6.07) is 0.545. The Balaban J connectivity index is 2.46. The van der Waals surface area contributed by atoms with Crippen molar-refractivity contribution < 1.29 is 0 Å². The topological polar surface area (TPSA) is 40.7 Å². The zero-order chi connectivity index (χ0) is 11.1. The average Bonchev–Trinajstić information content (AvgIpc) is 2.61. The largest absolute Gasteiger partial charge is 0.357 e. The van der Waals surface area contributed by atoms with Gasteiger partial charge >= 0.3 is 0 Å². The lowest BCUT2D eigenvalue weighted by Crippen LogP contribution is -2.18. The number of aromatic nitrogens is 2. The Morgan fingerprint density at radius 1 is 1.40 bits per heavy atom. The van der Waals surface area contributed by atoms with Gasteiger partial charge in [-0.05, 0) is 25.1 Å². The molecular weight excluding hydrogens is 226 g/mol. The number of unbranched alkanes of at least 4 members (excludes halogenated alkanes) is 1. The third kappa shape index (κ3) is 4.75. The van der Waals surface area contributed by atoms with Gasteiger partial charge in [0.2, 0.25) is 5.13 Å². The summed E-state index contributed by atoms with van der Waals surface area (Å²) in [7, 11) is 0. The van der Waals surface area contributed by atoms with Crippen LogP contribution in [0.1, 0.15) is 46.0 Å². The zero-order valence-electron chi connectivity index (χ0n) is 9.38. The van der Waals surface area contributed by atoms with Gasteiger partial charge < -0.3 is 5.32 Å². The summed E-state index contributed by atoms with van der Waals surface area (Å²) in [5, 5.41) is 11.3.